The van der Waals surface area contributed by atoms with Crippen LogP contribution < -0.4 is 9.47 Å². The van der Waals surface area contributed by atoms with Gasteiger partial charge in [0.15, 0.2) is 11.5 Å². The van der Waals surface area contributed by atoms with E-state index in [2.05, 4.69) is 10.1 Å². The lowest BCUT2D eigenvalue weighted by Gasteiger charge is -2.21. The van der Waals surface area contributed by atoms with Gasteiger partial charge in [0.25, 0.3) is 0 Å². The molecule has 3 rings (SSSR count). The molecule has 0 N–H and O–H groups in total. The van der Waals surface area contributed by atoms with Crippen LogP contribution in [0.25, 0.3) is 0 Å². The average Bonchev–Trinajstić information content (AvgIpc) is 3.23. The molecule has 0 saturated carbocycles. The Morgan fingerprint density at radius 3 is 3.09 bits per heavy atom. The number of nitrogens with zero attached hydrogens (tertiary/aromatic N) is 4. The van der Waals surface area contributed by atoms with E-state index in [1.807, 2.05) is 30.0 Å². The average molecular weight is 316 g/mol. The molecule has 0 bridgehead atoms. The molecule has 1 aromatic carbocycles. The number of para-hydroxylation sites is 1. The SMILES string of the molecule is CCN(Cc1cccc2c1OCO2)C(=O)CCCn1cncn1. The molecule has 7 heteroatoms. The summed E-state index contributed by atoms with van der Waals surface area (Å²) in [5.41, 5.74) is 0.978. The lowest BCUT2D eigenvalue weighted by molar-refractivity contribution is -0.131. The van der Waals surface area contributed by atoms with Gasteiger partial charge < -0.3 is 14.4 Å². The predicted molar refractivity (Wildman–Crippen MR) is 82.9 cm³/mol. The van der Waals surface area contributed by atoms with Gasteiger partial charge in [-0.05, 0) is 19.4 Å². The van der Waals surface area contributed by atoms with Gasteiger partial charge in [-0.15, -0.1) is 0 Å². The normalized spacial score (nSPS) is 12.4. The lowest BCUT2D eigenvalue weighted by atomic mass is 10.1. The molecule has 1 amide bonds. The highest BCUT2D eigenvalue weighted by Gasteiger charge is 2.20. The van der Waals surface area contributed by atoms with Gasteiger partial charge in [0.2, 0.25) is 12.7 Å². The van der Waals surface area contributed by atoms with Crippen LogP contribution >= 0.6 is 0 Å². The number of hydrogen-bond acceptors (Lipinski definition) is 5. The van der Waals surface area contributed by atoms with E-state index in [-0.39, 0.29) is 12.7 Å². The minimum Gasteiger partial charge on any atom is -0.454 e. The Kier molecular flexibility index (Phi) is 4.75. The van der Waals surface area contributed by atoms with Gasteiger partial charge in [-0.3, -0.25) is 9.48 Å². The molecule has 0 fully saturated rings. The van der Waals surface area contributed by atoms with Crippen LogP contribution in [0.3, 0.4) is 0 Å². The molecule has 0 spiro atoms. The molecule has 0 radical (unpaired) electrons. The largest absolute Gasteiger partial charge is 0.454 e. The Morgan fingerprint density at radius 2 is 2.30 bits per heavy atom. The van der Waals surface area contributed by atoms with Gasteiger partial charge in [-0.25, -0.2) is 4.98 Å². The number of aryl methyl sites for hydroxylation is 1. The third-order valence-corrected chi connectivity index (χ3v) is 3.82. The second-order valence-corrected chi connectivity index (χ2v) is 5.32. The molecule has 2 heterocycles. The quantitative estimate of drug-likeness (QED) is 0.779. The lowest BCUT2D eigenvalue weighted by Crippen LogP contribution is -2.30. The van der Waals surface area contributed by atoms with Crippen molar-refractivity contribution < 1.29 is 14.3 Å². The fourth-order valence-corrected chi connectivity index (χ4v) is 2.60. The summed E-state index contributed by atoms with van der Waals surface area (Å²) >= 11 is 0. The van der Waals surface area contributed by atoms with Crippen LogP contribution in [0.2, 0.25) is 0 Å². The zero-order valence-electron chi connectivity index (χ0n) is 13.1. The number of carbonyl (C=O) groups is 1. The number of hydrogen-bond donors (Lipinski definition) is 0. The molecule has 0 aliphatic carbocycles. The summed E-state index contributed by atoms with van der Waals surface area (Å²) < 4.78 is 12.6. The fraction of sp³-hybridized carbons (Fsp3) is 0.438. The highest BCUT2D eigenvalue weighted by atomic mass is 16.7. The van der Waals surface area contributed by atoms with Crippen LogP contribution in [0.1, 0.15) is 25.3 Å². The van der Waals surface area contributed by atoms with Crippen LogP contribution in [0.4, 0.5) is 0 Å². The molecule has 7 nitrogen and oxygen atoms in total. The number of ether oxygens (including phenoxy) is 2. The maximum absolute atomic E-state index is 12.4. The molecular weight excluding hydrogens is 296 g/mol. The molecule has 23 heavy (non-hydrogen) atoms. The third-order valence-electron chi connectivity index (χ3n) is 3.82. The minimum absolute atomic E-state index is 0.129. The van der Waals surface area contributed by atoms with Crippen molar-refractivity contribution in [1.82, 2.24) is 19.7 Å². The topological polar surface area (TPSA) is 69.5 Å². The van der Waals surface area contributed by atoms with E-state index in [1.165, 1.54) is 6.33 Å². The van der Waals surface area contributed by atoms with Crippen molar-refractivity contribution in [2.75, 3.05) is 13.3 Å². The summed E-state index contributed by atoms with van der Waals surface area (Å²) in [6, 6.07) is 5.77. The molecule has 1 aliphatic heterocycles. The van der Waals surface area contributed by atoms with Gasteiger partial charge in [0.05, 0.1) is 0 Å². The van der Waals surface area contributed by atoms with E-state index in [9.17, 15) is 4.79 Å². The first-order valence-electron chi connectivity index (χ1n) is 7.75. The molecule has 1 aromatic heterocycles. The van der Waals surface area contributed by atoms with Crippen molar-refractivity contribution in [3.05, 3.63) is 36.4 Å². The maximum Gasteiger partial charge on any atom is 0.231 e. The van der Waals surface area contributed by atoms with Crippen molar-refractivity contribution in [3.8, 4) is 11.5 Å². The Balaban J connectivity index is 1.57. The Bertz CT molecular complexity index is 657. The van der Waals surface area contributed by atoms with E-state index >= 15 is 0 Å². The zero-order valence-corrected chi connectivity index (χ0v) is 13.1. The smallest absolute Gasteiger partial charge is 0.231 e. The number of aromatic nitrogens is 3. The predicted octanol–water partition coefficient (Wildman–Crippen LogP) is 1.84. The van der Waals surface area contributed by atoms with Crippen LogP contribution in [-0.4, -0.2) is 38.9 Å². The van der Waals surface area contributed by atoms with E-state index in [1.54, 1.807) is 11.0 Å². The minimum atomic E-state index is 0.129. The summed E-state index contributed by atoms with van der Waals surface area (Å²) in [5, 5.41) is 4.04. The standard InChI is InChI=1S/C16H20N4O3/c1-2-19(15(21)7-4-8-20-11-17-10-18-20)9-13-5-3-6-14-16(13)23-12-22-14/h3,5-6,10-11H,2,4,7-9,12H2,1H3. The number of rotatable bonds is 7. The van der Waals surface area contributed by atoms with Crippen LogP contribution in [-0.2, 0) is 17.9 Å². The van der Waals surface area contributed by atoms with Crippen LogP contribution in [0.15, 0.2) is 30.9 Å². The van der Waals surface area contributed by atoms with Gasteiger partial charge in [0.1, 0.15) is 12.7 Å². The van der Waals surface area contributed by atoms with E-state index in [0.29, 0.717) is 26.1 Å². The zero-order chi connectivity index (χ0) is 16.1. The van der Waals surface area contributed by atoms with Gasteiger partial charge in [-0.2, -0.15) is 5.10 Å². The maximum atomic E-state index is 12.4. The highest BCUT2D eigenvalue weighted by molar-refractivity contribution is 5.76. The van der Waals surface area contributed by atoms with Crippen molar-refractivity contribution in [2.45, 2.75) is 32.9 Å². The summed E-state index contributed by atoms with van der Waals surface area (Å²) in [6.07, 6.45) is 4.39. The molecule has 122 valence electrons. The van der Waals surface area contributed by atoms with Crippen LogP contribution in [0, 0.1) is 0 Å². The van der Waals surface area contributed by atoms with Crippen molar-refractivity contribution in [2.24, 2.45) is 0 Å². The molecular formula is C16H20N4O3. The molecule has 2 aromatic rings. The molecule has 0 atom stereocenters. The number of carbonyl (C=O) groups excluding carboxylic acids is 1. The van der Waals surface area contributed by atoms with Crippen molar-refractivity contribution >= 4 is 5.91 Å². The summed E-state index contributed by atoms with van der Waals surface area (Å²) in [7, 11) is 0. The van der Waals surface area contributed by atoms with Crippen LogP contribution in [0.5, 0.6) is 11.5 Å². The first-order valence-corrected chi connectivity index (χ1v) is 7.75. The molecule has 0 saturated heterocycles. The summed E-state index contributed by atoms with van der Waals surface area (Å²) in [4.78, 5) is 18.1. The first-order chi connectivity index (χ1) is 11.3. The number of amides is 1. The number of benzene rings is 1. The third kappa shape index (κ3) is 3.61. The van der Waals surface area contributed by atoms with Crippen molar-refractivity contribution in [3.63, 3.8) is 0 Å². The monoisotopic (exact) mass is 316 g/mol. The van der Waals surface area contributed by atoms with Gasteiger partial charge >= 0.3 is 0 Å². The Hall–Kier alpha value is -2.57. The Morgan fingerprint density at radius 1 is 1.39 bits per heavy atom. The Labute approximate surface area is 134 Å². The molecule has 1 aliphatic rings. The van der Waals surface area contributed by atoms with E-state index in [0.717, 1.165) is 23.5 Å². The molecule has 0 unspecified atom stereocenters. The summed E-state index contributed by atoms with van der Waals surface area (Å²) in [5.74, 6) is 1.63. The number of fused-ring (bicyclic) bond motifs is 1. The highest BCUT2D eigenvalue weighted by Crippen LogP contribution is 2.35. The van der Waals surface area contributed by atoms with E-state index in [4.69, 9.17) is 9.47 Å². The first kappa shape index (κ1) is 15.3. The fourth-order valence-electron chi connectivity index (χ4n) is 2.60. The van der Waals surface area contributed by atoms with Gasteiger partial charge in [0, 0.05) is 31.6 Å². The summed E-state index contributed by atoms with van der Waals surface area (Å²) in [6.45, 7) is 4.11. The second kappa shape index (κ2) is 7.13. The van der Waals surface area contributed by atoms with E-state index < -0.39 is 0 Å². The van der Waals surface area contributed by atoms with Gasteiger partial charge in [-0.1, -0.05) is 12.1 Å². The van der Waals surface area contributed by atoms with Crippen molar-refractivity contribution in [1.29, 1.82) is 0 Å². The second-order valence-electron chi connectivity index (χ2n) is 5.32.